The van der Waals surface area contributed by atoms with Gasteiger partial charge in [0.05, 0.1) is 12.8 Å². The van der Waals surface area contributed by atoms with Crippen LogP contribution in [0.5, 0.6) is 5.75 Å². The highest BCUT2D eigenvalue weighted by atomic mass is 79.9. The summed E-state index contributed by atoms with van der Waals surface area (Å²) >= 11 is 3.60. The van der Waals surface area contributed by atoms with Crippen molar-refractivity contribution in [1.82, 2.24) is 4.98 Å². The summed E-state index contributed by atoms with van der Waals surface area (Å²) in [6.07, 6.45) is 6.30. The quantitative estimate of drug-likeness (QED) is 0.727. The third-order valence-electron chi connectivity index (χ3n) is 3.71. The molecule has 1 aliphatic rings. The fourth-order valence-corrected chi connectivity index (χ4v) is 2.62. The minimum atomic E-state index is 0. The van der Waals surface area contributed by atoms with Crippen molar-refractivity contribution in [2.45, 2.75) is 26.7 Å². The number of benzene rings is 1. The molecule has 0 saturated heterocycles. The number of aryl methyl sites for hydroxylation is 2. The lowest BCUT2D eigenvalue weighted by molar-refractivity contribution is 0.299. The number of rotatable bonds is 4. The van der Waals surface area contributed by atoms with Crippen LogP contribution in [0.1, 0.15) is 24.0 Å². The zero-order valence-corrected chi connectivity index (χ0v) is 14.6. The van der Waals surface area contributed by atoms with Crippen molar-refractivity contribution >= 4 is 28.3 Å². The van der Waals surface area contributed by atoms with Crippen LogP contribution in [0.15, 0.2) is 35.1 Å². The van der Waals surface area contributed by atoms with E-state index in [1.807, 2.05) is 6.20 Å². The molecule has 0 bridgehead atoms. The minimum absolute atomic E-state index is 0. The fraction of sp³-hybridized carbons (Fsp3) is 0.353. The van der Waals surface area contributed by atoms with E-state index in [0.717, 1.165) is 28.3 Å². The maximum Gasteiger partial charge on any atom is 0.138 e. The highest BCUT2D eigenvalue weighted by Gasteiger charge is 2.22. The zero-order chi connectivity index (χ0) is 14.1. The number of hydrogen-bond donors (Lipinski definition) is 0. The molecule has 0 unspecified atom stereocenters. The van der Waals surface area contributed by atoms with Crippen LogP contribution in [0.2, 0.25) is 0 Å². The maximum absolute atomic E-state index is 5.81. The van der Waals surface area contributed by atoms with Gasteiger partial charge in [-0.1, -0.05) is 22.0 Å². The number of halogens is 2. The molecule has 1 saturated carbocycles. The first-order valence-corrected chi connectivity index (χ1v) is 7.78. The van der Waals surface area contributed by atoms with Crippen molar-refractivity contribution in [1.29, 1.82) is 0 Å². The average Bonchev–Trinajstić information content (AvgIpc) is 3.25. The molecule has 4 heteroatoms. The summed E-state index contributed by atoms with van der Waals surface area (Å²) in [6.45, 7) is 5.06. The van der Waals surface area contributed by atoms with Crippen molar-refractivity contribution in [3.8, 4) is 16.9 Å². The molecule has 1 heterocycles. The van der Waals surface area contributed by atoms with Gasteiger partial charge in [-0.2, -0.15) is 0 Å². The highest BCUT2D eigenvalue weighted by molar-refractivity contribution is 9.10. The van der Waals surface area contributed by atoms with E-state index in [0.29, 0.717) is 0 Å². The molecule has 2 aromatic rings. The van der Waals surface area contributed by atoms with Gasteiger partial charge in [-0.3, -0.25) is 4.98 Å². The van der Waals surface area contributed by atoms with Gasteiger partial charge in [0.2, 0.25) is 0 Å². The molecule has 1 aromatic heterocycles. The first kappa shape index (κ1) is 16.3. The van der Waals surface area contributed by atoms with Gasteiger partial charge in [-0.15, -0.1) is 12.4 Å². The fourth-order valence-electron chi connectivity index (χ4n) is 2.28. The molecular weight excluding hydrogens is 350 g/mol. The molecule has 2 nitrogen and oxygen atoms in total. The predicted molar refractivity (Wildman–Crippen MR) is 92.3 cm³/mol. The van der Waals surface area contributed by atoms with Crippen molar-refractivity contribution in [3.63, 3.8) is 0 Å². The topological polar surface area (TPSA) is 22.1 Å². The zero-order valence-electron chi connectivity index (χ0n) is 12.2. The first-order chi connectivity index (χ1) is 9.63. The van der Waals surface area contributed by atoms with Crippen LogP contribution in [0.25, 0.3) is 11.1 Å². The molecule has 1 fully saturated rings. The summed E-state index contributed by atoms with van der Waals surface area (Å²) in [5.41, 5.74) is 4.82. The van der Waals surface area contributed by atoms with Crippen LogP contribution in [0, 0.1) is 19.8 Å². The van der Waals surface area contributed by atoms with Crippen LogP contribution in [0.4, 0.5) is 0 Å². The summed E-state index contributed by atoms with van der Waals surface area (Å²) in [4.78, 5) is 4.31. The normalized spacial score (nSPS) is 13.7. The number of ether oxygens (including phenoxy) is 1. The Morgan fingerprint density at radius 3 is 2.62 bits per heavy atom. The summed E-state index contributed by atoms with van der Waals surface area (Å²) in [7, 11) is 0. The van der Waals surface area contributed by atoms with E-state index in [4.69, 9.17) is 4.74 Å². The second-order valence-electron chi connectivity index (χ2n) is 5.58. The molecule has 1 aliphatic carbocycles. The van der Waals surface area contributed by atoms with Crippen molar-refractivity contribution in [3.05, 3.63) is 46.2 Å². The van der Waals surface area contributed by atoms with Crippen molar-refractivity contribution in [2.75, 3.05) is 6.61 Å². The van der Waals surface area contributed by atoms with E-state index in [9.17, 15) is 0 Å². The van der Waals surface area contributed by atoms with E-state index in [2.05, 4.69) is 53.0 Å². The summed E-state index contributed by atoms with van der Waals surface area (Å²) in [5, 5.41) is 0. The summed E-state index contributed by atoms with van der Waals surface area (Å²) in [6, 6.07) is 6.43. The summed E-state index contributed by atoms with van der Waals surface area (Å²) in [5.74, 6) is 1.62. The Kier molecular flexibility index (Phi) is 5.28. The van der Waals surface area contributed by atoms with E-state index in [-0.39, 0.29) is 12.4 Å². The summed E-state index contributed by atoms with van der Waals surface area (Å²) < 4.78 is 6.94. The minimum Gasteiger partial charge on any atom is -0.492 e. The van der Waals surface area contributed by atoms with Gasteiger partial charge in [0.15, 0.2) is 0 Å². The molecule has 0 spiro atoms. The molecular formula is C17H19BrClNO. The van der Waals surface area contributed by atoms with Crippen molar-refractivity contribution < 1.29 is 4.74 Å². The van der Waals surface area contributed by atoms with Gasteiger partial charge in [-0.05, 0) is 61.4 Å². The Morgan fingerprint density at radius 2 is 1.90 bits per heavy atom. The van der Waals surface area contributed by atoms with E-state index >= 15 is 0 Å². The molecule has 0 radical (unpaired) electrons. The van der Waals surface area contributed by atoms with Gasteiger partial charge in [0.25, 0.3) is 0 Å². The van der Waals surface area contributed by atoms with Gasteiger partial charge in [-0.25, -0.2) is 0 Å². The second-order valence-corrected chi connectivity index (χ2v) is 6.43. The van der Waals surface area contributed by atoms with Crippen LogP contribution in [-0.4, -0.2) is 11.6 Å². The van der Waals surface area contributed by atoms with Gasteiger partial charge in [0, 0.05) is 16.2 Å². The van der Waals surface area contributed by atoms with Gasteiger partial charge in [0.1, 0.15) is 5.75 Å². The van der Waals surface area contributed by atoms with Crippen LogP contribution in [0.3, 0.4) is 0 Å². The molecule has 1 aromatic carbocycles. The van der Waals surface area contributed by atoms with Crippen LogP contribution >= 0.6 is 28.3 Å². The third kappa shape index (κ3) is 3.98. The lowest BCUT2D eigenvalue weighted by Gasteiger charge is -2.11. The smallest absolute Gasteiger partial charge is 0.138 e. The molecule has 112 valence electrons. The van der Waals surface area contributed by atoms with Gasteiger partial charge < -0.3 is 4.74 Å². The van der Waals surface area contributed by atoms with Crippen molar-refractivity contribution in [2.24, 2.45) is 5.92 Å². The average molecular weight is 369 g/mol. The molecule has 0 amide bonds. The van der Waals surface area contributed by atoms with Crippen LogP contribution < -0.4 is 4.74 Å². The Bertz CT molecular complexity index is 641. The largest absolute Gasteiger partial charge is 0.492 e. The third-order valence-corrected chi connectivity index (χ3v) is 4.57. The Labute approximate surface area is 140 Å². The Hall–Kier alpha value is -1.06. The lowest BCUT2D eigenvalue weighted by atomic mass is 10.00. The van der Waals surface area contributed by atoms with E-state index in [1.54, 1.807) is 6.20 Å². The molecule has 21 heavy (non-hydrogen) atoms. The molecule has 0 atom stereocenters. The SMILES string of the molecule is Cc1cc(C)c(-c2cncc(OCC3CC3)c2)cc1Br.Cl. The molecule has 0 aliphatic heterocycles. The number of nitrogens with zero attached hydrogens (tertiary/aromatic N) is 1. The second kappa shape index (κ2) is 6.80. The number of hydrogen-bond acceptors (Lipinski definition) is 2. The predicted octanol–water partition coefficient (Wildman–Crippen LogP) is 5.34. The number of pyridine rings is 1. The number of aromatic nitrogens is 1. The Balaban J connectivity index is 0.00000161. The molecule has 0 N–H and O–H groups in total. The van der Waals surface area contributed by atoms with E-state index in [1.165, 1.54) is 29.5 Å². The first-order valence-electron chi connectivity index (χ1n) is 6.98. The lowest BCUT2D eigenvalue weighted by Crippen LogP contribution is -1.99. The van der Waals surface area contributed by atoms with Crippen LogP contribution in [-0.2, 0) is 0 Å². The molecule has 3 rings (SSSR count). The maximum atomic E-state index is 5.81. The Morgan fingerprint density at radius 1 is 1.14 bits per heavy atom. The van der Waals surface area contributed by atoms with E-state index < -0.39 is 0 Å². The highest BCUT2D eigenvalue weighted by Crippen LogP contribution is 2.32. The standard InChI is InChI=1S/C17H18BrNO.ClH/c1-11-5-12(2)17(18)7-16(11)14-6-15(9-19-8-14)20-10-13-3-4-13;/h5-9,13H,3-4,10H2,1-2H3;1H. The monoisotopic (exact) mass is 367 g/mol. The van der Waals surface area contributed by atoms with Gasteiger partial charge >= 0.3 is 0 Å².